The lowest BCUT2D eigenvalue weighted by Crippen LogP contribution is -2.29. The fraction of sp³-hybridized carbons (Fsp3) is 0.300. The topological polar surface area (TPSA) is 90.5 Å². The Morgan fingerprint density at radius 2 is 1.90 bits per heavy atom. The number of rotatable bonds is 5. The van der Waals surface area contributed by atoms with E-state index in [9.17, 15) is 14.0 Å². The maximum Gasteiger partial charge on any atom is 0.329 e. The van der Waals surface area contributed by atoms with Crippen LogP contribution in [-0.2, 0) is 26.4 Å². The van der Waals surface area contributed by atoms with E-state index in [2.05, 4.69) is 15.1 Å². The molecule has 1 aromatic carbocycles. The Hall–Kier alpha value is -3.49. The van der Waals surface area contributed by atoms with E-state index >= 15 is 0 Å². The molecule has 0 atom stereocenters. The van der Waals surface area contributed by atoms with Gasteiger partial charge in [-0.15, -0.1) is 0 Å². The van der Waals surface area contributed by atoms with Crippen molar-refractivity contribution in [3.8, 4) is 5.95 Å². The van der Waals surface area contributed by atoms with Crippen molar-refractivity contribution in [2.75, 3.05) is 0 Å². The summed E-state index contributed by atoms with van der Waals surface area (Å²) in [4.78, 5) is 31.6. The average Bonchev–Trinajstić information content (AvgIpc) is 3.29. The lowest BCUT2D eigenvalue weighted by molar-refractivity contribution is 0.595. The summed E-state index contributed by atoms with van der Waals surface area (Å²) >= 11 is 0. The van der Waals surface area contributed by atoms with Crippen LogP contribution < -0.4 is 11.2 Å². The van der Waals surface area contributed by atoms with Gasteiger partial charge in [-0.1, -0.05) is 32.0 Å². The van der Waals surface area contributed by atoms with Gasteiger partial charge in [-0.3, -0.25) is 18.9 Å². The van der Waals surface area contributed by atoms with Crippen LogP contribution in [0.5, 0.6) is 0 Å². The number of hydrogen-bond donors (Lipinski definition) is 1. The Morgan fingerprint density at radius 1 is 1.14 bits per heavy atom. The zero-order chi connectivity index (χ0) is 20.7. The van der Waals surface area contributed by atoms with Gasteiger partial charge in [-0.2, -0.15) is 10.1 Å². The molecule has 0 aliphatic carbocycles. The van der Waals surface area contributed by atoms with E-state index in [1.54, 1.807) is 27.4 Å². The summed E-state index contributed by atoms with van der Waals surface area (Å²) in [5.41, 5.74) is 1.49. The number of nitrogens with zero attached hydrogens (tertiary/aromatic N) is 5. The number of nitrogens with one attached hydrogen (secondary N) is 1. The van der Waals surface area contributed by atoms with Crippen LogP contribution in [0.4, 0.5) is 4.39 Å². The van der Waals surface area contributed by atoms with E-state index in [-0.39, 0.29) is 23.5 Å². The van der Waals surface area contributed by atoms with Gasteiger partial charge >= 0.3 is 5.69 Å². The Morgan fingerprint density at radius 3 is 2.59 bits per heavy atom. The minimum absolute atomic E-state index is 0.0737. The number of H-pyrrole nitrogens is 1. The Labute approximate surface area is 165 Å². The summed E-state index contributed by atoms with van der Waals surface area (Å²) < 4.78 is 18.9. The molecule has 4 rings (SSSR count). The van der Waals surface area contributed by atoms with Gasteiger partial charge in [0.2, 0.25) is 5.95 Å². The second kappa shape index (κ2) is 7.16. The predicted molar refractivity (Wildman–Crippen MR) is 107 cm³/mol. The van der Waals surface area contributed by atoms with Gasteiger partial charge in [0.1, 0.15) is 5.82 Å². The number of hydrogen-bond acceptors (Lipinski definition) is 4. The highest BCUT2D eigenvalue weighted by Gasteiger charge is 2.22. The van der Waals surface area contributed by atoms with E-state index < -0.39 is 11.2 Å². The van der Waals surface area contributed by atoms with Crippen LogP contribution >= 0.6 is 0 Å². The van der Waals surface area contributed by atoms with Crippen molar-refractivity contribution in [3.63, 3.8) is 0 Å². The molecule has 0 bridgehead atoms. The largest absolute Gasteiger partial charge is 0.329 e. The number of halogens is 1. The van der Waals surface area contributed by atoms with E-state index in [1.165, 1.54) is 17.7 Å². The maximum absolute atomic E-state index is 14.4. The first-order valence-electron chi connectivity index (χ1n) is 9.45. The summed E-state index contributed by atoms with van der Waals surface area (Å²) in [6, 6.07) is 8.35. The highest BCUT2D eigenvalue weighted by atomic mass is 19.1. The third-order valence-corrected chi connectivity index (χ3v) is 5.02. The van der Waals surface area contributed by atoms with Gasteiger partial charge in [0.05, 0.1) is 12.2 Å². The molecule has 150 valence electrons. The van der Waals surface area contributed by atoms with Gasteiger partial charge in [0.25, 0.3) is 5.56 Å². The monoisotopic (exact) mass is 396 g/mol. The molecule has 9 heteroatoms. The van der Waals surface area contributed by atoms with Gasteiger partial charge in [-0.25, -0.2) is 13.9 Å². The van der Waals surface area contributed by atoms with Crippen LogP contribution in [-0.4, -0.2) is 28.9 Å². The third kappa shape index (κ3) is 3.08. The maximum atomic E-state index is 14.4. The zero-order valence-corrected chi connectivity index (χ0v) is 16.4. The quantitative estimate of drug-likeness (QED) is 0.558. The van der Waals surface area contributed by atoms with Crippen molar-refractivity contribution in [2.45, 2.75) is 33.2 Å². The molecular weight excluding hydrogens is 375 g/mol. The molecule has 0 amide bonds. The molecule has 0 saturated carbocycles. The van der Waals surface area contributed by atoms with Crippen LogP contribution in [0.25, 0.3) is 17.1 Å². The number of benzene rings is 1. The van der Waals surface area contributed by atoms with Crippen LogP contribution in [0.15, 0.2) is 39.9 Å². The molecule has 4 aromatic rings. The number of aromatic nitrogens is 6. The summed E-state index contributed by atoms with van der Waals surface area (Å²) in [5, 5.41) is 4.61. The average molecular weight is 396 g/mol. The molecule has 0 aliphatic heterocycles. The smallest absolute Gasteiger partial charge is 0.298 e. The second-order valence-corrected chi connectivity index (χ2v) is 6.83. The molecular formula is C20H21FN6O2. The molecule has 0 radical (unpaired) electrons. The number of fused-ring (bicyclic) bond motifs is 1. The van der Waals surface area contributed by atoms with Gasteiger partial charge < -0.3 is 0 Å². The van der Waals surface area contributed by atoms with E-state index in [4.69, 9.17) is 0 Å². The van der Waals surface area contributed by atoms with Crippen molar-refractivity contribution in [1.29, 1.82) is 0 Å². The number of imidazole rings is 1. The molecule has 0 aliphatic rings. The third-order valence-electron chi connectivity index (χ3n) is 5.02. The second-order valence-electron chi connectivity index (χ2n) is 6.83. The van der Waals surface area contributed by atoms with Crippen molar-refractivity contribution >= 4 is 11.2 Å². The first-order valence-corrected chi connectivity index (χ1v) is 9.45. The summed E-state index contributed by atoms with van der Waals surface area (Å²) in [6.45, 7) is 4.08. The first kappa shape index (κ1) is 18.9. The van der Waals surface area contributed by atoms with Gasteiger partial charge in [0, 0.05) is 18.3 Å². The fourth-order valence-corrected chi connectivity index (χ4v) is 3.40. The number of aromatic amines is 1. The van der Waals surface area contributed by atoms with Crippen LogP contribution in [0.3, 0.4) is 0 Å². The lowest BCUT2D eigenvalue weighted by atomic mass is 10.2. The number of aryl methyl sites for hydroxylation is 3. The molecule has 29 heavy (non-hydrogen) atoms. The molecule has 3 aromatic heterocycles. The first-order chi connectivity index (χ1) is 13.9. The van der Waals surface area contributed by atoms with Crippen molar-refractivity contribution in [3.05, 3.63) is 73.9 Å². The van der Waals surface area contributed by atoms with Gasteiger partial charge in [0.15, 0.2) is 11.2 Å². The minimum Gasteiger partial charge on any atom is -0.298 e. The molecule has 8 nitrogen and oxygen atoms in total. The van der Waals surface area contributed by atoms with Crippen LogP contribution in [0.2, 0.25) is 0 Å². The summed E-state index contributed by atoms with van der Waals surface area (Å²) in [5.74, 6) is -0.0153. The van der Waals surface area contributed by atoms with Crippen molar-refractivity contribution in [2.24, 2.45) is 7.05 Å². The van der Waals surface area contributed by atoms with Gasteiger partial charge in [-0.05, 0) is 25.0 Å². The predicted octanol–water partition coefficient (Wildman–Crippen LogP) is 1.92. The van der Waals surface area contributed by atoms with Crippen molar-refractivity contribution in [1.82, 2.24) is 28.9 Å². The van der Waals surface area contributed by atoms with Crippen molar-refractivity contribution < 1.29 is 4.39 Å². The van der Waals surface area contributed by atoms with E-state index in [0.29, 0.717) is 17.9 Å². The van der Waals surface area contributed by atoms with Crippen LogP contribution in [0, 0.1) is 5.82 Å². The van der Waals surface area contributed by atoms with E-state index in [0.717, 1.165) is 17.8 Å². The fourth-order valence-electron chi connectivity index (χ4n) is 3.40. The zero-order valence-electron chi connectivity index (χ0n) is 16.4. The SMILES string of the molecule is CCc1cc(CC)n(-c2nc3c(c(=O)[nH]c(=O)n3C)n2Cc2ccccc2F)n1. The molecule has 1 N–H and O–H groups in total. The summed E-state index contributed by atoms with van der Waals surface area (Å²) in [6.07, 6.45) is 1.44. The molecule has 0 saturated heterocycles. The highest BCUT2D eigenvalue weighted by molar-refractivity contribution is 5.72. The molecule has 0 unspecified atom stereocenters. The Bertz CT molecular complexity index is 1330. The molecule has 0 fully saturated rings. The molecule has 3 heterocycles. The van der Waals surface area contributed by atoms with Crippen LogP contribution in [0.1, 0.15) is 30.8 Å². The standard InChI is InChI=1S/C20H21FN6O2/c1-4-13-10-14(5-2)27(24-13)19-22-17-16(18(28)23-20(29)25(17)3)26(19)11-12-8-6-7-9-15(12)21/h6-10H,4-5,11H2,1-3H3,(H,23,28,29). The Balaban J connectivity index is 2.06. The normalized spacial score (nSPS) is 11.4. The molecule has 0 spiro atoms. The van der Waals surface area contributed by atoms with E-state index in [1.807, 2.05) is 19.9 Å². The lowest BCUT2D eigenvalue weighted by Gasteiger charge is -2.11. The Kier molecular flexibility index (Phi) is 4.65. The highest BCUT2D eigenvalue weighted by Crippen LogP contribution is 2.20. The minimum atomic E-state index is -0.570. The summed E-state index contributed by atoms with van der Waals surface area (Å²) in [7, 11) is 1.53.